The normalized spacial score (nSPS) is 10.8. The van der Waals surface area contributed by atoms with Gasteiger partial charge in [-0.15, -0.1) is 11.3 Å². The van der Waals surface area contributed by atoms with Crippen LogP contribution in [0.5, 0.6) is 0 Å². The van der Waals surface area contributed by atoms with E-state index in [4.69, 9.17) is 11.6 Å². The van der Waals surface area contributed by atoms with E-state index in [9.17, 15) is 4.79 Å². The highest BCUT2D eigenvalue weighted by atomic mass is 35.5. The molecule has 92 valence electrons. The van der Waals surface area contributed by atoms with E-state index in [1.54, 1.807) is 41.8 Å². The van der Waals surface area contributed by atoms with Crippen molar-refractivity contribution in [2.24, 2.45) is 5.10 Å². The Kier molecular flexibility index (Phi) is 4.12. The van der Waals surface area contributed by atoms with Crippen LogP contribution < -0.4 is 5.43 Å². The molecule has 0 atom stereocenters. The molecule has 0 fully saturated rings. The second-order valence-electron chi connectivity index (χ2n) is 3.63. The monoisotopic (exact) mass is 278 g/mol. The number of nitrogens with zero attached hydrogens (tertiary/aromatic N) is 1. The number of nitrogens with one attached hydrogen (secondary N) is 1. The van der Waals surface area contributed by atoms with Gasteiger partial charge in [-0.3, -0.25) is 4.79 Å². The van der Waals surface area contributed by atoms with Gasteiger partial charge in [0.05, 0.1) is 16.8 Å². The van der Waals surface area contributed by atoms with Crippen molar-refractivity contribution in [3.05, 3.63) is 56.7 Å². The summed E-state index contributed by atoms with van der Waals surface area (Å²) in [5.41, 5.74) is 2.87. The Balaban J connectivity index is 2.01. The summed E-state index contributed by atoms with van der Waals surface area (Å²) in [6.45, 7) is 2.02. The third kappa shape index (κ3) is 3.18. The highest BCUT2D eigenvalue weighted by Crippen LogP contribution is 2.14. The zero-order valence-electron chi connectivity index (χ0n) is 9.68. The van der Waals surface area contributed by atoms with Gasteiger partial charge in [0.25, 0.3) is 5.91 Å². The average molecular weight is 279 g/mol. The van der Waals surface area contributed by atoms with E-state index in [-0.39, 0.29) is 5.91 Å². The molecule has 0 spiro atoms. The minimum atomic E-state index is -0.315. The van der Waals surface area contributed by atoms with Crippen LogP contribution in [0.25, 0.3) is 0 Å². The van der Waals surface area contributed by atoms with Crippen LogP contribution >= 0.6 is 22.9 Å². The molecule has 0 aliphatic carbocycles. The molecule has 1 amide bonds. The first kappa shape index (κ1) is 12.8. The van der Waals surface area contributed by atoms with Gasteiger partial charge in [-0.1, -0.05) is 23.7 Å². The molecular weight excluding hydrogens is 268 g/mol. The molecule has 0 saturated carbocycles. The lowest BCUT2D eigenvalue weighted by atomic mass is 10.2. The van der Waals surface area contributed by atoms with Crippen LogP contribution in [0.2, 0.25) is 5.02 Å². The third-order valence-corrected chi connectivity index (χ3v) is 3.50. The largest absolute Gasteiger partial charge is 0.272 e. The number of hydrazone groups is 1. The standard InChI is InChI=1S/C13H11ClN2OS/c1-9-6-7-10(18-9)8-15-16-13(17)11-4-2-3-5-12(11)14/h2-8H,1H3,(H,16,17). The van der Waals surface area contributed by atoms with Crippen molar-refractivity contribution in [3.8, 4) is 0 Å². The van der Waals surface area contributed by atoms with Crippen LogP contribution in [-0.2, 0) is 0 Å². The van der Waals surface area contributed by atoms with Gasteiger partial charge in [-0.25, -0.2) is 5.43 Å². The number of hydrogen-bond acceptors (Lipinski definition) is 3. The molecule has 5 heteroatoms. The van der Waals surface area contributed by atoms with Crippen LogP contribution in [0, 0.1) is 6.92 Å². The molecule has 1 aromatic heterocycles. The summed E-state index contributed by atoms with van der Waals surface area (Å²) in [4.78, 5) is 14.0. The number of carbonyl (C=O) groups is 1. The van der Waals surface area contributed by atoms with E-state index in [2.05, 4.69) is 10.5 Å². The van der Waals surface area contributed by atoms with Crippen LogP contribution in [0.4, 0.5) is 0 Å². The molecule has 2 rings (SSSR count). The van der Waals surface area contributed by atoms with Crippen molar-refractivity contribution in [3.63, 3.8) is 0 Å². The summed E-state index contributed by atoms with van der Waals surface area (Å²) in [5, 5.41) is 4.31. The molecular formula is C13H11ClN2OS. The van der Waals surface area contributed by atoms with E-state index in [1.165, 1.54) is 4.88 Å². The summed E-state index contributed by atoms with van der Waals surface area (Å²) >= 11 is 7.52. The Hall–Kier alpha value is -1.65. The number of thiophene rings is 1. The fraction of sp³-hybridized carbons (Fsp3) is 0.0769. The second-order valence-corrected chi connectivity index (χ2v) is 5.35. The molecule has 18 heavy (non-hydrogen) atoms. The smallest absolute Gasteiger partial charge is 0.267 e. The number of amides is 1. The van der Waals surface area contributed by atoms with Crippen molar-refractivity contribution in [2.45, 2.75) is 6.92 Å². The summed E-state index contributed by atoms with van der Waals surface area (Å²) in [7, 11) is 0. The predicted molar refractivity (Wildman–Crippen MR) is 75.6 cm³/mol. The van der Waals surface area contributed by atoms with Gasteiger partial charge in [0.15, 0.2) is 0 Å². The van der Waals surface area contributed by atoms with E-state index < -0.39 is 0 Å². The Bertz CT molecular complexity index is 592. The molecule has 2 aromatic rings. The fourth-order valence-corrected chi connectivity index (χ4v) is 2.35. The number of halogens is 1. The summed E-state index contributed by atoms with van der Waals surface area (Å²) in [6.07, 6.45) is 1.62. The number of benzene rings is 1. The van der Waals surface area contributed by atoms with Crippen molar-refractivity contribution in [1.82, 2.24) is 5.43 Å². The van der Waals surface area contributed by atoms with Crippen LogP contribution in [0.15, 0.2) is 41.5 Å². The molecule has 1 aromatic carbocycles. The quantitative estimate of drug-likeness (QED) is 0.678. The van der Waals surface area contributed by atoms with Gasteiger partial charge in [-0.05, 0) is 31.2 Å². The van der Waals surface area contributed by atoms with Crippen molar-refractivity contribution in [1.29, 1.82) is 0 Å². The van der Waals surface area contributed by atoms with E-state index in [1.807, 2.05) is 19.1 Å². The van der Waals surface area contributed by atoms with Gasteiger partial charge in [0.1, 0.15) is 0 Å². The highest BCUT2D eigenvalue weighted by molar-refractivity contribution is 7.13. The molecule has 0 aliphatic rings. The molecule has 3 nitrogen and oxygen atoms in total. The van der Waals surface area contributed by atoms with Crippen molar-refractivity contribution >= 4 is 35.1 Å². The van der Waals surface area contributed by atoms with Gasteiger partial charge < -0.3 is 0 Å². The fourth-order valence-electron chi connectivity index (χ4n) is 1.38. The zero-order chi connectivity index (χ0) is 13.0. The topological polar surface area (TPSA) is 41.5 Å². The van der Waals surface area contributed by atoms with Gasteiger partial charge >= 0.3 is 0 Å². The van der Waals surface area contributed by atoms with Crippen LogP contribution in [-0.4, -0.2) is 12.1 Å². The minimum absolute atomic E-state index is 0.315. The first-order valence-electron chi connectivity index (χ1n) is 5.31. The maximum absolute atomic E-state index is 11.8. The predicted octanol–water partition coefficient (Wildman–Crippen LogP) is 3.47. The van der Waals surface area contributed by atoms with E-state index in [0.29, 0.717) is 10.6 Å². The lowest BCUT2D eigenvalue weighted by molar-refractivity contribution is 0.0955. The van der Waals surface area contributed by atoms with Crippen molar-refractivity contribution in [2.75, 3.05) is 0 Å². The van der Waals surface area contributed by atoms with Crippen LogP contribution in [0.3, 0.4) is 0 Å². The molecule has 0 aliphatic heterocycles. The number of aryl methyl sites for hydroxylation is 1. The lowest BCUT2D eigenvalue weighted by Crippen LogP contribution is -2.17. The summed E-state index contributed by atoms with van der Waals surface area (Å²) in [5.74, 6) is -0.315. The Morgan fingerprint density at radius 1 is 1.33 bits per heavy atom. The Morgan fingerprint density at radius 2 is 2.11 bits per heavy atom. The van der Waals surface area contributed by atoms with Gasteiger partial charge in [-0.2, -0.15) is 5.10 Å². The Labute approximate surface area is 114 Å². The van der Waals surface area contributed by atoms with Crippen LogP contribution in [0.1, 0.15) is 20.1 Å². The summed E-state index contributed by atoms with van der Waals surface area (Å²) in [6, 6.07) is 10.8. The minimum Gasteiger partial charge on any atom is -0.267 e. The van der Waals surface area contributed by atoms with Crippen molar-refractivity contribution < 1.29 is 4.79 Å². The molecule has 0 radical (unpaired) electrons. The SMILES string of the molecule is Cc1ccc(C=NNC(=O)c2ccccc2Cl)s1. The first-order chi connectivity index (χ1) is 8.66. The molecule has 0 bridgehead atoms. The summed E-state index contributed by atoms with van der Waals surface area (Å²) < 4.78 is 0. The number of rotatable bonds is 3. The molecule has 0 saturated heterocycles. The Morgan fingerprint density at radius 3 is 2.78 bits per heavy atom. The van der Waals surface area contributed by atoms with E-state index in [0.717, 1.165) is 4.88 Å². The molecule has 1 N–H and O–H groups in total. The lowest BCUT2D eigenvalue weighted by Gasteiger charge is -2.01. The maximum atomic E-state index is 11.8. The third-order valence-electron chi connectivity index (χ3n) is 2.24. The van der Waals surface area contributed by atoms with E-state index >= 15 is 0 Å². The van der Waals surface area contributed by atoms with Gasteiger partial charge in [0.2, 0.25) is 0 Å². The molecule has 0 unspecified atom stereocenters. The maximum Gasteiger partial charge on any atom is 0.272 e. The molecule has 1 heterocycles. The first-order valence-corrected chi connectivity index (χ1v) is 6.50. The highest BCUT2D eigenvalue weighted by Gasteiger charge is 2.07. The second kappa shape index (κ2) is 5.80. The van der Waals surface area contributed by atoms with Gasteiger partial charge in [0, 0.05) is 9.75 Å². The zero-order valence-corrected chi connectivity index (χ0v) is 11.3. The number of hydrogen-bond donors (Lipinski definition) is 1. The number of carbonyl (C=O) groups excluding carboxylic acids is 1. The average Bonchev–Trinajstić information content (AvgIpc) is 2.75.